The maximum Gasteiger partial charge on any atom is 0.354 e. The fourth-order valence-corrected chi connectivity index (χ4v) is 6.77. The van der Waals surface area contributed by atoms with Gasteiger partial charge >= 0.3 is 5.97 Å². The Morgan fingerprint density at radius 3 is 2.33 bits per heavy atom. The van der Waals surface area contributed by atoms with E-state index >= 15 is 0 Å². The van der Waals surface area contributed by atoms with E-state index in [1.54, 1.807) is 12.1 Å². The molecule has 40 heavy (non-hydrogen) atoms. The number of aromatic nitrogens is 4. The van der Waals surface area contributed by atoms with E-state index in [0.29, 0.717) is 45.3 Å². The van der Waals surface area contributed by atoms with Crippen LogP contribution < -0.4 is 0 Å². The van der Waals surface area contributed by atoms with E-state index in [2.05, 4.69) is 20.3 Å². The Labute approximate surface area is 239 Å². The van der Waals surface area contributed by atoms with E-state index in [1.807, 2.05) is 18.2 Å². The van der Waals surface area contributed by atoms with Gasteiger partial charge in [0, 0.05) is 22.5 Å². The van der Waals surface area contributed by atoms with Crippen LogP contribution in [0.15, 0.2) is 45.4 Å². The summed E-state index contributed by atoms with van der Waals surface area (Å²) < 4.78 is 18.1. The van der Waals surface area contributed by atoms with E-state index < -0.39 is 5.97 Å². The summed E-state index contributed by atoms with van der Waals surface area (Å²) in [6, 6.07) is 10.2. The van der Waals surface area contributed by atoms with Gasteiger partial charge in [-0.1, -0.05) is 45.6 Å². The molecule has 2 bridgehead atoms. The highest BCUT2D eigenvalue weighted by Gasteiger charge is 2.52. The zero-order valence-corrected chi connectivity index (χ0v) is 23.0. The number of rotatable bonds is 8. The molecule has 8 rings (SSSR count). The van der Waals surface area contributed by atoms with E-state index in [1.165, 1.54) is 6.07 Å². The maximum atomic E-state index is 11.3. The number of hydrogen-bond acceptors (Lipinski definition) is 8. The molecule has 4 aliphatic rings. The second-order valence-electron chi connectivity index (χ2n) is 11.1. The van der Waals surface area contributed by atoms with Crippen molar-refractivity contribution < 1.29 is 23.7 Å². The molecule has 0 atom stereocenters. The van der Waals surface area contributed by atoms with Crippen LogP contribution >= 0.6 is 23.2 Å². The van der Waals surface area contributed by atoms with Crippen LogP contribution in [-0.2, 0) is 16.8 Å². The second kappa shape index (κ2) is 9.68. The third-order valence-corrected chi connectivity index (χ3v) is 9.38. The number of hydrogen-bond donors (Lipinski definition) is 1. The van der Waals surface area contributed by atoms with E-state index in [-0.39, 0.29) is 22.6 Å². The molecule has 9 nitrogen and oxygen atoms in total. The lowest BCUT2D eigenvalue weighted by molar-refractivity contribution is -0.128. The first kappa shape index (κ1) is 25.7. The molecule has 4 fully saturated rings. The Kier molecular flexibility index (Phi) is 6.21. The minimum atomic E-state index is -1.10. The predicted octanol–water partition coefficient (Wildman–Crippen LogP) is 7.23. The monoisotopic (exact) mass is 580 g/mol. The number of carboxylic acid groups (broad SMARTS) is 1. The van der Waals surface area contributed by atoms with Gasteiger partial charge in [0.1, 0.15) is 22.8 Å². The highest BCUT2D eigenvalue weighted by atomic mass is 35.5. The van der Waals surface area contributed by atoms with Gasteiger partial charge < -0.3 is 18.9 Å². The molecular weight excluding hydrogens is 555 g/mol. The van der Waals surface area contributed by atoms with Gasteiger partial charge in [-0.3, -0.25) is 0 Å². The maximum absolute atomic E-state index is 11.3. The van der Waals surface area contributed by atoms with Gasteiger partial charge in [0.05, 0.1) is 22.3 Å². The summed E-state index contributed by atoms with van der Waals surface area (Å²) in [4.78, 5) is 20.1. The first-order valence-electron chi connectivity index (χ1n) is 13.5. The van der Waals surface area contributed by atoms with Gasteiger partial charge in [-0.05, 0) is 75.6 Å². The molecule has 206 valence electrons. The normalized spacial score (nSPS) is 23.9. The van der Waals surface area contributed by atoms with Crippen LogP contribution in [0, 0.1) is 0 Å². The Balaban J connectivity index is 1.09. The molecule has 0 saturated heterocycles. The van der Waals surface area contributed by atoms with Crippen LogP contribution in [0.3, 0.4) is 0 Å². The molecule has 11 heteroatoms. The summed E-state index contributed by atoms with van der Waals surface area (Å²) in [7, 11) is 0. The van der Waals surface area contributed by atoms with Gasteiger partial charge in [0.25, 0.3) is 5.89 Å². The number of fused-ring (bicyclic) bond motifs is 3. The second-order valence-corrected chi connectivity index (χ2v) is 11.9. The predicted molar refractivity (Wildman–Crippen MR) is 145 cm³/mol. The molecule has 4 aliphatic carbocycles. The largest absolute Gasteiger partial charge is 0.477 e. The summed E-state index contributed by atoms with van der Waals surface area (Å²) in [5.41, 5.74) is 2.14. The van der Waals surface area contributed by atoms with E-state index in [4.69, 9.17) is 37.0 Å². The molecule has 1 aromatic carbocycles. The van der Waals surface area contributed by atoms with Crippen LogP contribution in [0.2, 0.25) is 10.0 Å². The van der Waals surface area contributed by atoms with Crippen molar-refractivity contribution in [3.05, 3.63) is 69.3 Å². The highest BCUT2D eigenvalue weighted by Crippen LogP contribution is 2.55. The van der Waals surface area contributed by atoms with Gasteiger partial charge in [0.15, 0.2) is 5.82 Å². The van der Waals surface area contributed by atoms with Crippen molar-refractivity contribution in [1.29, 1.82) is 0 Å². The number of carbonyl (C=O) groups is 1. The number of ether oxygens (including phenoxy) is 1. The topological polar surface area (TPSA) is 124 Å². The average Bonchev–Trinajstić information content (AvgIpc) is 3.53. The van der Waals surface area contributed by atoms with E-state index in [9.17, 15) is 9.90 Å². The Hall–Kier alpha value is -3.27. The van der Waals surface area contributed by atoms with Crippen molar-refractivity contribution in [2.75, 3.05) is 0 Å². The third-order valence-electron chi connectivity index (χ3n) is 8.75. The quantitative estimate of drug-likeness (QED) is 0.229. The first-order valence-corrected chi connectivity index (χ1v) is 14.2. The number of aromatic carboxylic acids is 1. The third kappa shape index (κ3) is 4.40. The fourth-order valence-electron chi connectivity index (χ4n) is 6.19. The van der Waals surface area contributed by atoms with Gasteiger partial charge in [0.2, 0.25) is 0 Å². The standard InChI is InChI=1S/C29H26Cl2N4O5/c30-18-3-1-4-19(31)22(18)23-17(24(39-34-23)16-7-8-16)15-38-29-12-9-28(10-13-29,11-14-29)27-33-25(40-35-27)20-5-2-6-21(32-20)26(36)37/h1-6,16H,7-15H2,(H,36,37). The van der Waals surface area contributed by atoms with Gasteiger partial charge in [-0.25, -0.2) is 9.78 Å². The molecule has 3 heterocycles. The Morgan fingerprint density at radius 2 is 1.65 bits per heavy atom. The molecule has 4 saturated carbocycles. The molecule has 0 amide bonds. The number of pyridine rings is 1. The SMILES string of the molecule is O=C(O)c1cccc(-c2nc(C34CCC(OCc5c(-c6c(Cl)cccc6Cl)noc5C5CC5)(CC3)CC4)no2)n1. The fraction of sp³-hybridized carbons (Fsp3) is 0.414. The van der Waals surface area contributed by atoms with Crippen molar-refractivity contribution in [3.63, 3.8) is 0 Å². The summed E-state index contributed by atoms with van der Waals surface area (Å²) in [6.07, 6.45) is 7.38. The molecule has 0 radical (unpaired) electrons. The number of benzene rings is 1. The molecule has 3 aromatic heterocycles. The van der Waals surface area contributed by atoms with Crippen molar-refractivity contribution in [2.24, 2.45) is 0 Å². The summed E-state index contributed by atoms with van der Waals surface area (Å²) in [6.45, 7) is 0.386. The summed E-state index contributed by atoms with van der Waals surface area (Å²) >= 11 is 13.1. The van der Waals surface area contributed by atoms with Gasteiger partial charge in [-0.15, -0.1) is 0 Å². The van der Waals surface area contributed by atoms with Crippen molar-refractivity contribution in [1.82, 2.24) is 20.3 Å². The van der Waals surface area contributed by atoms with E-state index in [0.717, 1.165) is 62.7 Å². The summed E-state index contributed by atoms with van der Waals surface area (Å²) in [5, 5.41) is 19.0. The Bertz CT molecular complexity index is 1570. The van der Waals surface area contributed by atoms with Crippen LogP contribution in [0.1, 0.15) is 84.9 Å². The molecule has 4 aromatic rings. The van der Waals surface area contributed by atoms with Crippen molar-refractivity contribution >= 4 is 29.2 Å². The van der Waals surface area contributed by atoms with Crippen LogP contribution in [-0.4, -0.2) is 37.0 Å². The number of nitrogens with zero attached hydrogens (tertiary/aromatic N) is 4. The smallest absolute Gasteiger partial charge is 0.354 e. The van der Waals surface area contributed by atoms with Crippen LogP contribution in [0.25, 0.3) is 22.8 Å². The highest BCUT2D eigenvalue weighted by molar-refractivity contribution is 6.39. The molecular formula is C29H26Cl2N4O5. The van der Waals surface area contributed by atoms with Crippen molar-refractivity contribution in [3.8, 4) is 22.8 Å². The lowest BCUT2D eigenvalue weighted by Gasteiger charge is -2.51. The first-order chi connectivity index (χ1) is 19.4. The van der Waals surface area contributed by atoms with Crippen molar-refractivity contribution in [2.45, 2.75) is 74.9 Å². The average molecular weight is 581 g/mol. The lowest BCUT2D eigenvalue weighted by atomic mass is 9.58. The molecule has 0 spiro atoms. The Morgan fingerprint density at radius 1 is 0.950 bits per heavy atom. The minimum absolute atomic E-state index is 0.0645. The van der Waals surface area contributed by atoms with Crippen LogP contribution in [0.4, 0.5) is 0 Å². The van der Waals surface area contributed by atoms with Crippen LogP contribution in [0.5, 0.6) is 0 Å². The lowest BCUT2D eigenvalue weighted by Crippen LogP contribution is -2.50. The zero-order valence-electron chi connectivity index (χ0n) is 21.5. The minimum Gasteiger partial charge on any atom is -0.477 e. The number of halogens is 2. The zero-order chi connectivity index (χ0) is 27.5. The number of carboxylic acids is 1. The molecule has 1 N–H and O–H groups in total. The summed E-state index contributed by atoms with van der Waals surface area (Å²) in [5.74, 6) is 1.03. The molecule has 0 unspecified atom stereocenters. The molecule has 0 aliphatic heterocycles. The van der Waals surface area contributed by atoms with Gasteiger partial charge in [-0.2, -0.15) is 4.98 Å².